The molecule has 1 fully saturated rings. The molecule has 1 N–H and O–H groups in total. The molecular weight excluding hydrogens is 404 g/mol. The molecule has 0 unspecified atom stereocenters. The van der Waals surface area contributed by atoms with Gasteiger partial charge in [-0.15, -0.1) is 0 Å². The first-order valence-corrected chi connectivity index (χ1v) is 11.5. The maximum Gasteiger partial charge on any atom is 0.222 e. The number of nitrogens with zero attached hydrogens (tertiary/aromatic N) is 1. The Labute approximate surface area is 188 Å². The standard InChI is InChI=1S/C26H30N2O4/c1-30-20-5-6-23-21(16-20)22(17-27-23)19-9-11-28(12-10-19)26(29)8-4-18-3-7-24-25(15-18)32-14-2-13-31-24/h3,5-7,15-17,19,27H,2,4,8-14H2,1H3. The summed E-state index contributed by atoms with van der Waals surface area (Å²) >= 11 is 0. The van der Waals surface area contributed by atoms with Crippen molar-refractivity contribution in [3.05, 3.63) is 53.7 Å². The van der Waals surface area contributed by atoms with Crippen LogP contribution in [0, 0.1) is 0 Å². The van der Waals surface area contributed by atoms with E-state index >= 15 is 0 Å². The van der Waals surface area contributed by atoms with Crippen LogP contribution in [0.25, 0.3) is 10.9 Å². The SMILES string of the molecule is COc1ccc2[nH]cc(C3CCN(C(=O)CCc4ccc5c(c4)OCCCO5)CC3)c2c1. The Hall–Kier alpha value is -3.15. The Morgan fingerprint density at radius 1 is 1.09 bits per heavy atom. The van der Waals surface area contributed by atoms with Crippen molar-refractivity contribution in [3.63, 3.8) is 0 Å². The van der Waals surface area contributed by atoms with E-state index < -0.39 is 0 Å². The molecule has 0 bridgehead atoms. The van der Waals surface area contributed by atoms with Gasteiger partial charge in [0.1, 0.15) is 5.75 Å². The van der Waals surface area contributed by atoms with Crippen molar-refractivity contribution in [2.45, 2.75) is 38.0 Å². The van der Waals surface area contributed by atoms with E-state index in [0.29, 0.717) is 25.6 Å². The summed E-state index contributed by atoms with van der Waals surface area (Å²) in [5.41, 5.74) is 3.58. The zero-order chi connectivity index (χ0) is 21.9. The van der Waals surface area contributed by atoms with Gasteiger partial charge in [-0.2, -0.15) is 0 Å². The van der Waals surface area contributed by atoms with E-state index in [9.17, 15) is 4.79 Å². The third kappa shape index (κ3) is 4.27. The predicted octanol–water partition coefficient (Wildman–Crippen LogP) is 4.68. The molecule has 1 aromatic heterocycles. The number of hydrogen-bond acceptors (Lipinski definition) is 4. The largest absolute Gasteiger partial charge is 0.497 e. The minimum Gasteiger partial charge on any atom is -0.497 e. The molecule has 1 amide bonds. The zero-order valence-corrected chi connectivity index (χ0v) is 18.6. The second kappa shape index (κ2) is 9.15. The molecule has 0 radical (unpaired) electrons. The zero-order valence-electron chi connectivity index (χ0n) is 18.6. The van der Waals surface area contributed by atoms with Crippen LogP contribution in [0.5, 0.6) is 17.2 Å². The van der Waals surface area contributed by atoms with Crippen LogP contribution < -0.4 is 14.2 Å². The first kappa shape index (κ1) is 20.7. The Kier molecular flexibility index (Phi) is 5.93. The third-order valence-corrected chi connectivity index (χ3v) is 6.65. The second-order valence-electron chi connectivity index (χ2n) is 8.64. The number of aromatic nitrogens is 1. The molecule has 6 heteroatoms. The molecule has 0 spiro atoms. The fourth-order valence-corrected chi connectivity index (χ4v) is 4.80. The van der Waals surface area contributed by atoms with Gasteiger partial charge in [-0.3, -0.25) is 4.79 Å². The number of piperidine rings is 1. The highest BCUT2D eigenvalue weighted by Crippen LogP contribution is 2.35. The number of rotatable bonds is 5. The average Bonchev–Trinajstić information content (AvgIpc) is 3.11. The molecule has 32 heavy (non-hydrogen) atoms. The number of aromatic amines is 1. The lowest BCUT2D eigenvalue weighted by atomic mass is 9.89. The number of benzene rings is 2. The van der Waals surface area contributed by atoms with Gasteiger partial charge in [0.25, 0.3) is 0 Å². The van der Waals surface area contributed by atoms with Crippen molar-refractivity contribution in [1.82, 2.24) is 9.88 Å². The molecule has 0 atom stereocenters. The Bertz CT molecular complexity index is 1100. The fourth-order valence-electron chi connectivity index (χ4n) is 4.80. The molecule has 2 aliphatic heterocycles. The number of hydrogen-bond donors (Lipinski definition) is 1. The summed E-state index contributed by atoms with van der Waals surface area (Å²) in [6.07, 6.45) is 6.23. The van der Waals surface area contributed by atoms with Crippen molar-refractivity contribution in [1.29, 1.82) is 0 Å². The van der Waals surface area contributed by atoms with Crippen molar-refractivity contribution < 1.29 is 19.0 Å². The van der Waals surface area contributed by atoms with Crippen LogP contribution in [0.2, 0.25) is 0 Å². The van der Waals surface area contributed by atoms with Crippen LogP contribution in [0.1, 0.15) is 42.7 Å². The number of carbonyl (C=O) groups is 1. The van der Waals surface area contributed by atoms with Crippen LogP contribution in [-0.4, -0.2) is 49.2 Å². The van der Waals surface area contributed by atoms with E-state index in [1.807, 2.05) is 29.2 Å². The summed E-state index contributed by atoms with van der Waals surface area (Å²) in [5.74, 6) is 3.16. The summed E-state index contributed by atoms with van der Waals surface area (Å²) < 4.78 is 16.9. The van der Waals surface area contributed by atoms with Crippen LogP contribution in [-0.2, 0) is 11.2 Å². The normalized spacial score (nSPS) is 16.7. The van der Waals surface area contributed by atoms with Gasteiger partial charge >= 0.3 is 0 Å². The highest BCUT2D eigenvalue weighted by atomic mass is 16.5. The molecule has 0 saturated carbocycles. The minimum absolute atomic E-state index is 0.233. The molecular formula is C26H30N2O4. The number of nitrogens with one attached hydrogen (secondary N) is 1. The van der Waals surface area contributed by atoms with E-state index in [1.165, 1.54) is 10.9 Å². The van der Waals surface area contributed by atoms with E-state index in [0.717, 1.165) is 67.1 Å². The van der Waals surface area contributed by atoms with Gasteiger partial charge in [-0.1, -0.05) is 6.07 Å². The van der Waals surface area contributed by atoms with Gasteiger partial charge in [0.2, 0.25) is 5.91 Å². The molecule has 6 nitrogen and oxygen atoms in total. The lowest BCUT2D eigenvalue weighted by molar-refractivity contribution is -0.132. The van der Waals surface area contributed by atoms with Gasteiger partial charge in [0.05, 0.1) is 20.3 Å². The number of H-pyrrole nitrogens is 1. The second-order valence-corrected chi connectivity index (χ2v) is 8.64. The summed E-state index contributed by atoms with van der Waals surface area (Å²) in [5, 5.41) is 1.23. The van der Waals surface area contributed by atoms with Crippen LogP contribution >= 0.6 is 0 Å². The smallest absolute Gasteiger partial charge is 0.222 e. The highest BCUT2D eigenvalue weighted by Gasteiger charge is 2.25. The molecule has 3 aromatic rings. The van der Waals surface area contributed by atoms with Crippen molar-refractivity contribution in [2.75, 3.05) is 33.4 Å². The van der Waals surface area contributed by atoms with Crippen molar-refractivity contribution in [3.8, 4) is 17.2 Å². The highest BCUT2D eigenvalue weighted by molar-refractivity contribution is 5.85. The number of ether oxygens (including phenoxy) is 3. The average molecular weight is 435 g/mol. The van der Waals surface area contributed by atoms with Crippen LogP contribution in [0.3, 0.4) is 0 Å². The maximum absolute atomic E-state index is 12.9. The number of methoxy groups -OCH3 is 1. The van der Waals surface area contributed by atoms with E-state index in [4.69, 9.17) is 14.2 Å². The molecule has 168 valence electrons. The van der Waals surface area contributed by atoms with E-state index in [-0.39, 0.29) is 5.91 Å². The van der Waals surface area contributed by atoms with Crippen molar-refractivity contribution in [2.24, 2.45) is 0 Å². The first-order valence-electron chi connectivity index (χ1n) is 11.5. The van der Waals surface area contributed by atoms with Crippen molar-refractivity contribution >= 4 is 16.8 Å². The maximum atomic E-state index is 12.9. The van der Waals surface area contributed by atoms with Gasteiger partial charge < -0.3 is 24.1 Å². The third-order valence-electron chi connectivity index (χ3n) is 6.65. The minimum atomic E-state index is 0.233. The first-order chi connectivity index (χ1) is 15.7. The Morgan fingerprint density at radius 2 is 1.91 bits per heavy atom. The topological polar surface area (TPSA) is 63.8 Å². The van der Waals surface area contributed by atoms with Gasteiger partial charge in [-0.25, -0.2) is 0 Å². The Morgan fingerprint density at radius 3 is 2.72 bits per heavy atom. The molecule has 0 aliphatic carbocycles. The van der Waals surface area contributed by atoms with Crippen LogP contribution in [0.4, 0.5) is 0 Å². The number of aryl methyl sites for hydroxylation is 1. The van der Waals surface area contributed by atoms with Crippen LogP contribution in [0.15, 0.2) is 42.6 Å². The summed E-state index contributed by atoms with van der Waals surface area (Å²) in [4.78, 5) is 18.3. The molecule has 1 saturated heterocycles. The monoisotopic (exact) mass is 434 g/mol. The number of fused-ring (bicyclic) bond motifs is 2. The molecule has 5 rings (SSSR count). The quantitative estimate of drug-likeness (QED) is 0.634. The van der Waals surface area contributed by atoms with Gasteiger partial charge in [-0.05, 0) is 66.6 Å². The van der Waals surface area contributed by atoms with E-state index in [1.54, 1.807) is 7.11 Å². The Balaban J connectivity index is 1.17. The summed E-state index contributed by atoms with van der Waals surface area (Å²) in [6.45, 7) is 2.98. The number of amides is 1. The molecule has 2 aromatic carbocycles. The molecule has 3 heterocycles. The lowest BCUT2D eigenvalue weighted by Crippen LogP contribution is -2.38. The fraction of sp³-hybridized carbons (Fsp3) is 0.423. The number of carbonyl (C=O) groups excluding carboxylic acids is 1. The summed E-state index contributed by atoms with van der Waals surface area (Å²) in [7, 11) is 1.70. The molecule has 2 aliphatic rings. The summed E-state index contributed by atoms with van der Waals surface area (Å²) in [6, 6.07) is 12.2. The van der Waals surface area contributed by atoms with E-state index in [2.05, 4.69) is 23.3 Å². The van der Waals surface area contributed by atoms with Gasteiger partial charge in [0.15, 0.2) is 11.5 Å². The predicted molar refractivity (Wildman–Crippen MR) is 124 cm³/mol. The number of likely N-dealkylation sites (tertiary alicyclic amines) is 1. The lowest BCUT2D eigenvalue weighted by Gasteiger charge is -2.32. The van der Waals surface area contributed by atoms with Gasteiger partial charge in [0, 0.05) is 43.0 Å².